The molecule has 5 heteroatoms. The van der Waals surface area contributed by atoms with E-state index in [2.05, 4.69) is 4.98 Å². The van der Waals surface area contributed by atoms with Crippen molar-refractivity contribution in [2.24, 2.45) is 5.73 Å². The molecular weight excluding hydrogens is 286 g/mol. The van der Waals surface area contributed by atoms with E-state index in [0.29, 0.717) is 22.1 Å². The number of benzene rings is 2. The van der Waals surface area contributed by atoms with Gasteiger partial charge >= 0.3 is 0 Å². The average Bonchev–Trinajstić information content (AvgIpc) is 2.47. The first-order valence-electron chi connectivity index (χ1n) is 6.30. The van der Waals surface area contributed by atoms with E-state index in [9.17, 15) is 0 Å². The van der Waals surface area contributed by atoms with Crippen molar-refractivity contribution in [1.29, 1.82) is 5.41 Å². The van der Waals surface area contributed by atoms with Crippen LogP contribution in [0.4, 0.5) is 0 Å². The number of nitrogen functional groups attached to an aromatic ring is 1. The summed E-state index contributed by atoms with van der Waals surface area (Å²) in [5.41, 5.74) is 6.30. The number of amidine groups is 1. The molecule has 0 atom stereocenters. The van der Waals surface area contributed by atoms with Crippen LogP contribution in [0.25, 0.3) is 10.8 Å². The summed E-state index contributed by atoms with van der Waals surface area (Å²) < 4.78 is 5.85. The summed E-state index contributed by atoms with van der Waals surface area (Å²) >= 11 is 5.91. The Balaban J connectivity index is 2.12. The largest absolute Gasteiger partial charge is 0.455 e. The van der Waals surface area contributed by atoms with E-state index in [1.165, 1.54) is 0 Å². The van der Waals surface area contributed by atoms with Crippen molar-refractivity contribution in [2.45, 2.75) is 0 Å². The van der Waals surface area contributed by atoms with Crippen molar-refractivity contribution in [3.05, 3.63) is 65.4 Å². The lowest BCUT2D eigenvalue weighted by Crippen LogP contribution is -2.11. The third kappa shape index (κ3) is 2.66. The lowest BCUT2D eigenvalue weighted by molar-refractivity contribution is 0.486. The molecule has 0 fully saturated rings. The molecule has 3 N–H and O–H groups in total. The van der Waals surface area contributed by atoms with Gasteiger partial charge in [-0.3, -0.25) is 10.4 Å². The Kier molecular flexibility index (Phi) is 3.46. The van der Waals surface area contributed by atoms with Gasteiger partial charge in [0, 0.05) is 23.2 Å². The molecule has 0 unspecified atom stereocenters. The number of ether oxygens (including phenoxy) is 1. The van der Waals surface area contributed by atoms with Gasteiger partial charge in [-0.1, -0.05) is 35.9 Å². The molecule has 0 saturated heterocycles. The van der Waals surface area contributed by atoms with E-state index in [1.807, 2.05) is 24.3 Å². The van der Waals surface area contributed by atoms with Gasteiger partial charge in [0.1, 0.15) is 17.3 Å². The molecule has 21 heavy (non-hydrogen) atoms. The van der Waals surface area contributed by atoms with Gasteiger partial charge < -0.3 is 10.5 Å². The zero-order chi connectivity index (χ0) is 14.8. The molecule has 1 heterocycles. The minimum Gasteiger partial charge on any atom is -0.455 e. The first-order valence-corrected chi connectivity index (χ1v) is 6.67. The fourth-order valence-corrected chi connectivity index (χ4v) is 2.33. The summed E-state index contributed by atoms with van der Waals surface area (Å²) in [4.78, 5) is 4.00. The Morgan fingerprint density at radius 2 is 1.86 bits per heavy atom. The van der Waals surface area contributed by atoms with Crippen LogP contribution in [-0.2, 0) is 0 Å². The number of halogens is 1. The van der Waals surface area contributed by atoms with Gasteiger partial charge in [0.2, 0.25) is 0 Å². The van der Waals surface area contributed by atoms with Gasteiger partial charge in [0.15, 0.2) is 0 Å². The van der Waals surface area contributed by atoms with E-state index in [4.69, 9.17) is 27.5 Å². The summed E-state index contributed by atoms with van der Waals surface area (Å²) in [5.74, 6) is 1.25. The van der Waals surface area contributed by atoms with E-state index in [0.717, 1.165) is 10.8 Å². The fourth-order valence-electron chi connectivity index (χ4n) is 2.17. The number of fused-ring (bicyclic) bond motifs is 1. The zero-order valence-electron chi connectivity index (χ0n) is 11.0. The van der Waals surface area contributed by atoms with Crippen LogP contribution in [0.15, 0.2) is 54.9 Å². The fraction of sp³-hybridized carbons (Fsp3) is 0. The molecule has 0 spiro atoms. The van der Waals surface area contributed by atoms with Crippen molar-refractivity contribution in [1.82, 2.24) is 4.98 Å². The van der Waals surface area contributed by atoms with Crippen LogP contribution in [0.3, 0.4) is 0 Å². The molecule has 2 aromatic carbocycles. The molecule has 0 aliphatic heterocycles. The summed E-state index contributed by atoms with van der Waals surface area (Å²) in [6.07, 6.45) is 3.14. The summed E-state index contributed by atoms with van der Waals surface area (Å²) in [7, 11) is 0. The molecule has 1 aromatic heterocycles. The second-order valence-electron chi connectivity index (χ2n) is 4.51. The van der Waals surface area contributed by atoms with Crippen LogP contribution in [0.2, 0.25) is 5.02 Å². The minimum absolute atomic E-state index is 0.0298. The first kappa shape index (κ1) is 13.4. The molecule has 3 aromatic rings. The lowest BCUT2D eigenvalue weighted by atomic mass is 10.0. The van der Waals surface area contributed by atoms with Crippen molar-refractivity contribution in [3.63, 3.8) is 0 Å². The average molecular weight is 298 g/mol. The highest BCUT2D eigenvalue weighted by atomic mass is 35.5. The number of nitrogens with one attached hydrogen (secondary N) is 1. The quantitative estimate of drug-likeness (QED) is 0.567. The van der Waals surface area contributed by atoms with Gasteiger partial charge in [-0.05, 0) is 17.5 Å². The molecule has 4 nitrogen and oxygen atoms in total. The first-order chi connectivity index (χ1) is 10.1. The standard InChI is InChI=1S/C16H12ClN3O/c17-10-7-11(9-20-8-10)21-15-6-5-14(16(18)19)12-3-1-2-4-13(12)15/h1-9H,(H3,18,19). The number of pyridine rings is 1. The highest BCUT2D eigenvalue weighted by Crippen LogP contribution is 2.32. The van der Waals surface area contributed by atoms with Crippen LogP contribution in [0.5, 0.6) is 11.5 Å². The van der Waals surface area contributed by atoms with Gasteiger partial charge in [0.25, 0.3) is 0 Å². The predicted octanol–water partition coefficient (Wildman–Crippen LogP) is 3.96. The molecule has 104 valence electrons. The Hall–Kier alpha value is -2.59. The van der Waals surface area contributed by atoms with Crippen molar-refractivity contribution >= 4 is 28.2 Å². The third-order valence-electron chi connectivity index (χ3n) is 3.08. The van der Waals surface area contributed by atoms with Crippen LogP contribution < -0.4 is 10.5 Å². The molecular formula is C16H12ClN3O. The molecule has 0 bridgehead atoms. The number of hydrogen-bond acceptors (Lipinski definition) is 3. The number of hydrogen-bond donors (Lipinski definition) is 2. The molecule has 3 rings (SSSR count). The highest BCUT2D eigenvalue weighted by Gasteiger charge is 2.09. The van der Waals surface area contributed by atoms with Crippen molar-refractivity contribution in [3.8, 4) is 11.5 Å². The van der Waals surface area contributed by atoms with Crippen molar-refractivity contribution < 1.29 is 4.74 Å². The summed E-state index contributed by atoms with van der Waals surface area (Å²) in [6, 6.07) is 12.9. The zero-order valence-corrected chi connectivity index (χ0v) is 11.8. The third-order valence-corrected chi connectivity index (χ3v) is 3.29. The molecule has 0 aliphatic rings. The van der Waals surface area contributed by atoms with Crippen molar-refractivity contribution in [2.75, 3.05) is 0 Å². The Bertz CT molecular complexity index is 833. The van der Waals surface area contributed by atoms with E-state index < -0.39 is 0 Å². The Labute approximate surface area is 126 Å². The van der Waals surface area contributed by atoms with E-state index in [-0.39, 0.29) is 5.84 Å². The normalized spacial score (nSPS) is 10.5. The highest BCUT2D eigenvalue weighted by molar-refractivity contribution is 6.30. The smallest absolute Gasteiger partial charge is 0.147 e. The number of nitrogens with zero attached hydrogens (tertiary/aromatic N) is 1. The monoisotopic (exact) mass is 297 g/mol. The summed E-state index contributed by atoms with van der Waals surface area (Å²) in [6.45, 7) is 0. The topological polar surface area (TPSA) is 72.0 Å². The maximum atomic E-state index is 7.65. The van der Waals surface area contributed by atoms with Crippen LogP contribution >= 0.6 is 11.6 Å². The van der Waals surface area contributed by atoms with Crippen LogP contribution in [-0.4, -0.2) is 10.8 Å². The van der Waals surface area contributed by atoms with E-state index in [1.54, 1.807) is 30.6 Å². The maximum Gasteiger partial charge on any atom is 0.147 e. The summed E-state index contributed by atoms with van der Waals surface area (Å²) in [5, 5.41) is 9.91. The molecule has 0 saturated carbocycles. The van der Waals surface area contributed by atoms with Gasteiger partial charge in [-0.25, -0.2) is 0 Å². The minimum atomic E-state index is 0.0298. The second-order valence-corrected chi connectivity index (χ2v) is 4.95. The molecule has 0 radical (unpaired) electrons. The van der Waals surface area contributed by atoms with Gasteiger partial charge in [-0.15, -0.1) is 0 Å². The van der Waals surface area contributed by atoms with Crippen LogP contribution in [0, 0.1) is 5.41 Å². The predicted molar refractivity (Wildman–Crippen MR) is 84.3 cm³/mol. The molecule has 0 amide bonds. The van der Waals surface area contributed by atoms with Crippen LogP contribution in [0.1, 0.15) is 5.56 Å². The Morgan fingerprint density at radius 1 is 1.10 bits per heavy atom. The number of aromatic nitrogens is 1. The van der Waals surface area contributed by atoms with Gasteiger partial charge in [-0.2, -0.15) is 0 Å². The SMILES string of the molecule is N=C(N)c1ccc(Oc2cncc(Cl)c2)c2ccccc12. The second kappa shape index (κ2) is 5.42. The Morgan fingerprint density at radius 3 is 2.57 bits per heavy atom. The number of rotatable bonds is 3. The van der Waals surface area contributed by atoms with Gasteiger partial charge in [0.05, 0.1) is 11.2 Å². The molecule has 0 aliphatic carbocycles. The van der Waals surface area contributed by atoms with E-state index >= 15 is 0 Å². The lowest BCUT2D eigenvalue weighted by Gasteiger charge is -2.11. The maximum absolute atomic E-state index is 7.65. The number of nitrogens with two attached hydrogens (primary N) is 1.